The first kappa shape index (κ1) is 24.6. The van der Waals surface area contributed by atoms with Crippen LogP contribution in [0.5, 0.6) is 0 Å². The highest BCUT2D eigenvalue weighted by atomic mass is 28.4. The standard InChI is InChI=1S/C25H36N4O4Si/c1-25(2,3)34(5,6)33-15-21(16-10-8-7-9-11-16)29-20(12-19(28-29)23(30)26-4)24(31)27-22-17-13-32-14-18(17)22/h7-12,17-18,21-22H,13-15H2,1-6H3,(H,26,30)(H,27,31)/t17-,18+,21-,22+/m0/s1. The summed E-state index contributed by atoms with van der Waals surface area (Å²) < 4.78 is 13.7. The molecule has 4 atom stereocenters. The highest BCUT2D eigenvalue weighted by molar-refractivity contribution is 6.74. The van der Waals surface area contributed by atoms with Crippen molar-refractivity contribution in [3.8, 4) is 0 Å². The second kappa shape index (κ2) is 9.28. The van der Waals surface area contributed by atoms with E-state index >= 15 is 0 Å². The summed E-state index contributed by atoms with van der Waals surface area (Å²) in [6, 6.07) is 11.2. The molecule has 1 aromatic heterocycles. The smallest absolute Gasteiger partial charge is 0.271 e. The Morgan fingerprint density at radius 3 is 2.41 bits per heavy atom. The van der Waals surface area contributed by atoms with Gasteiger partial charge in [0.2, 0.25) is 0 Å². The number of fused-ring (bicyclic) bond motifs is 1. The maximum atomic E-state index is 13.4. The van der Waals surface area contributed by atoms with Crippen LogP contribution < -0.4 is 10.6 Å². The van der Waals surface area contributed by atoms with Crippen molar-refractivity contribution < 1.29 is 18.8 Å². The van der Waals surface area contributed by atoms with E-state index in [9.17, 15) is 9.59 Å². The van der Waals surface area contributed by atoms with Gasteiger partial charge in [0.25, 0.3) is 11.8 Å². The molecule has 1 saturated carbocycles. The highest BCUT2D eigenvalue weighted by Crippen LogP contribution is 2.44. The van der Waals surface area contributed by atoms with E-state index in [1.165, 1.54) is 0 Å². The summed E-state index contributed by atoms with van der Waals surface area (Å²) in [7, 11) is -0.509. The quantitative estimate of drug-likeness (QED) is 0.561. The molecule has 2 aliphatic rings. The number of carbonyl (C=O) groups excluding carboxylic acids is 2. The van der Waals surface area contributed by atoms with Gasteiger partial charge in [0.15, 0.2) is 14.0 Å². The molecular weight excluding hydrogens is 448 g/mol. The minimum Gasteiger partial charge on any atom is -0.414 e. The van der Waals surface area contributed by atoms with Gasteiger partial charge >= 0.3 is 0 Å². The predicted octanol–water partition coefficient (Wildman–Crippen LogP) is 3.23. The van der Waals surface area contributed by atoms with Crippen molar-refractivity contribution >= 4 is 20.1 Å². The van der Waals surface area contributed by atoms with Crippen LogP contribution in [0.15, 0.2) is 36.4 Å². The van der Waals surface area contributed by atoms with E-state index in [1.54, 1.807) is 17.8 Å². The van der Waals surface area contributed by atoms with E-state index in [4.69, 9.17) is 9.16 Å². The van der Waals surface area contributed by atoms with E-state index in [0.29, 0.717) is 37.4 Å². The minimum absolute atomic E-state index is 0.0393. The van der Waals surface area contributed by atoms with Gasteiger partial charge in [0.05, 0.1) is 25.9 Å². The van der Waals surface area contributed by atoms with Gasteiger partial charge in [-0.2, -0.15) is 5.10 Å². The lowest BCUT2D eigenvalue weighted by molar-refractivity contribution is 0.0912. The highest BCUT2D eigenvalue weighted by Gasteiger charge is 2.55. The number of aromatic nitrogens is 2. The number of hydrogen-bond acceptors (Lipinski definition) is 5. The normalized spacial score (nSPS) is 22.7. The van der Waals surface area contributed by atoms with Crippen LogP contribution in [0.2, 0.25) is 18.1 Å². The predicted molar refractivity (Wildman–Crippen MR) is 132 cm³/mol. The van der Waals surface area contributed by atoms with Gasteiger partial charge in [-0.15, -0.1) is 0 Å². The molecule has 1 aliphatic heterocycles. The molecule has 1 aromatic carbocycles. The average molecular weight is 485 g/mol. The molecule has 2 amide bonds. The fourth-order valence-electron chi connectivity index (χ4n) is 4.21. The number of benzene rings is 1. The molecule has 184 valence electrons. The Hall–Kier alpha value is -2.49. The van der Waals surface area contributed by atoms with Crippen LogP contribution in [-0.2, 0) is 9.16 Å². The van der Waals surface area contributed by atoms with Crippen molar-refractivity contribution in [3.05, 3.63) is 53.3 Å². The summed E-state index contributed by atoms with van der Waals surface area (Å²) in [5, 5.41) is 10.4. The molecule has 4 rings (SSSR count). The first-order chi connectivity index (χ1) is 16.0. The van der Waals surface area contributed by atoms with Gasteiger partial charge in [-0.05, 0) is 23.7 Å². The zero-order valence-corrected chi connectivity index (χ0v) is 21.9. The zero-order valence-electron chi connectivity index (χ0n) is 20.9. The second-order valence-corrected chi connectivity index (χ2v) is 15.6. The Kier molecular flexibility index (Phi) is 6.72. The summed E-state index contributed by atoms with van der Waals surface area (Å²) in [5.74, 6) is 0.202. The SMILES string of the molecule is CNC(=O)c1cc(C(=O)N[C@H]2[C@@H]3COC[C@@H]32)n([C@@H](CO[Si](C)(C)C(C)(C)C)c2ccccc2)n1. The van der Waals surface area contributed by atoms with E-state index in [0.717, 1.165) is 5.56 Å². The zero-order chi connectivity index (χ0) is 24.7. The molecule has 2 aromatic rings. The van der Waals surface area contributed by atoms with Crippen molar-refractivity contribution in [2.24, 2.45) is 11.8 Å². The molecule has 2 heterocycles. The molecule has 0 unspecified atom stereocenters. The number of nitrogens with one attached hydrogen (secondary N) is 2. The monoisotopic (exact) mass is 484 g/mol. The topological polar surface area (TPSA) is 94.5 Å². The third kappa shape index (κ3) is 4.82. The van der Waals surface area contributed by atoms with Gasteiger partial charge in [-0.25, -0.2) is 4.68 Å². The van der Waals surface area contributed by atoms with Crippen molar-refractivity contribution in [3.63, 3.8) is 0 Å². The van der Waals surface area contributed by atoms with E-state index < -0.39 is 8.32 Å². The van der Waals surface area contributed by atoms with Crippen LogP contribution in [-0.4, -0.2) is 62.8 Å². The fourth-order valence-corrected chi connectivity index (χ4v) is 5.21. The molecule has 1 saturated heterocycles. The van der Waals surface area contributed by atoms with Crippen LogP contribution in [0, 0.1) is 11.8 Å². The van der Waals surface area contributed by atoms with Crippen LogP contribution in [0.4, 0.5) is 0 Å². The summed E-state index contributed by atoms with van der Waals surface area (Å²) in [6.07, 6.45) is 0. The van der Waals surface area contributed by atoms with Gasteiger partial charge < -0.3 is 19.8 Å². The maximum absolute atomic E-state index is 13.4. The number of nitrogens with zero attached hydrogens (tertiary/aromatic N) is 2. The van der Waals surface area contributed by atoms with E-state index in [-0.39, 0.29) is 34.6 Å². The lowest BCUT2D eigenvalue weighted by Gasteiger charge is -2.37. The summed E-state index contributed by atoms with van der Waals surface area (Å²) in [5.41, 5.74) is 1.54. The van der Waals surface area contributed by atoms with Crippen LogP contribution in [0.1, 0.15) is 53.4 Å². The molecule has 8 nitrogen and oxygen atoms in total. The molecule has 2 fully saturated rings. The first-order valence-corrected chi connectivity index (χ1v) is 14.8. The van der Waals surface area contributed by atoms with Crippen molar-refractivity contribution in [1.82, 2.24) is 20.4 Å². The van der Waals surface area contributed by atoms with E-state index in [1.807, 2.05) is 30.3 Å². The van der Waals surface area contributed by atoms with E-state index in [2.05, 4.69) is 49.6 Å². The number of amides is 2. The molecule has 0 spiro atoms. The molecular formula is C25H36N4O4Si. The van der Waals surface area contributed by atoms with Gasteiger partial charge in [0, 0.05) is 31.0 Å². The van der Waals surface area contributed by atoms with Gasteiger partial charge in [0.1, 0.15) is 5.69 Å². The van der Waals surface area contributed by atoms with Crippen molar-refractivity contribution in [2.45, 2.75) is 51.0 Å². The number of hydrogen-bond donors (Lipinski definition) is 2. The number of carbonyl (C=O) groups is 2. The molecule has 0 radical (unpaired) electrons. The Morgan fingerprint density at radius 1 is 1.18 bits per heavy atom. The number of ether oxygens (including phenoxy) is 1. The Bertz CT molecular complexity index is 1040. The third-order valence-electron chi connectivity index (χ3n) is 7.57. The Balaban J connectivity index is 1.68. The molecule has 2 N–H and O–H groups in total. The molecule has 1 aliphatic carbocycles. The Labute approximate surface area is 202 Å². The third-order valence-corrected chi connectivity index (χ3v) is 12.1. The summed E-state index contributed by atoms with van der Waals surface area (Å²) in [6.45, 7) is 12.7. The minimum atomic E-state index is -2.07. The van der Waals surface area contributed by atoms with Crippen LogP contribution in [0.3, 0.4) is 0 Å². The molecule has 34 heavy (non-hydrogen) atoms. The average Bonchev–Trinajstić information content (AvgIpc) is 3.17. The van der Waals surface area contributed by atoms with Crippen LogP contribution >= 0.6 is 0 Å². The van der Waals surface area contributed by atoms with Crippen molar-refractivity contribution in [1.29, 1.82) is 0 Å². The van der Waals surface area contributed by atoms with Crippen LogP contribution in [0.25, 0.3) is 0 Å². The molecule has 9 heteroatoms. The fraction of sp³-hybridized carbons (Fsp3) is 0.560. The lowest BCUT2D eigenvalue weighted by Crippen LogP contribution is -2.42. The second-order valence-electron chi connectivity index (χ2n) is 10.8. The first-order valence-electron chi connectivity index (χ1n) is 11.9. The number of rotatable bonds is 8. The van der Waals surface area contributed by atoms with Gasteiger partial charge in [-0.3, -0.25) is 9.59 Å². The summed E-state index contributed by atoms with van der Waals surface area (Å²) in [4.78, 5) is 25.8. The maximum Gasteiger partial charge on any atom is 0.271 e. The summed E-state index contributed by atoms with van der Waals surface area (Å²) >= 11 is 0. The van der Waals surface area contributed by atoms with Gasteiger partial charge in [-0.1, -0.05) is 51.1 Å². The lowest BCUT2D eigenvalue weighted by atomic mass is 10.1. The Morgan fingerprint density at radius 2 is 1.82 bits per heavy atom. The van der Waals surface area contributed by atoms with Crippen molar-refractivity contribution in [2.75, 3.05) is 26.9 Å². The largest absolute Gasteiger partial charge is 0.414 e. The molecule has 0 bridgehead atoms.